The van der Waals surface area contributed by atoms with Crippen molar-refractivity contribution < 1.29 is 38.5 Å². The first-order valence-electron chi connectivity index (χ1n) is 19.1. The highest BCUT2D eigenvalue weighted by Gasteiger charge is 2.77. The topological polar surface area (TPSA) is 129 Å². The van der Waals surface area contributed by atoms with E-state index in [-0.39, 0.29) is 35.6 Å². The van der Waals surface area contributed by atoms with Crippen LogP contribution in [0.25, 0.3) is 0 Å². The Morgan fingerprint density at radius 2 is 1.81 bits per heavy atom. The maximum absolute atomic E-state index is 14.8. The van der Waals surface area contributed by atoms with Crippen molar-refractivity contribution in [3.05, 3.63) is 61.2 Å². The van der Waals surface area contributed by atoms with Gasteiger partial charge in [-0.1, -0.05) is 71.3 Å². The normalized spacial score (nSPS) is 27.6. The van der Waals surface area contributed by atoms with Crippen molar-refractivity contribution in [3.63, 3.8) is 0 Å². The fraction of sp³-hybridized carbons (Fsp3) is 0.650. The van der Waals surface area contributed by atoms with Gasteiger partial charge in [0.2, 0.25) is 17.7 Å². The Morgan fingerprint density at radius 1 is 1.09 bits per heavy atom. The minimum absolute atomic E-state index is 0.0988. The number of carbonyl (C=O) groups excluding carboxylic acids is 4. The molecule has 0 radical (unpaired) electrons. The van der Waals surface area contributed by atoms with E-state index < -0.39 is 47.7 Å². The molecule has 4 aliphatic heterocycles. The van der Waals surface area contributed by atoms with Gasteiger partial charge in [0.1, 0.15) is 17.7 Å². The molecule has 292 valence electrons. The van der Waals surface area contributed by atoms with Gasteiger partial charge in [0.15, 0.2) is 0 Å². The van der Waals surface area contributed by atoms with Gasteiger partial charge < -0.3 is 34.0 Å². The number of hydrogen-bond acceptors (Lipinski definition) is 9. The molecule has 2 bridgehead atoms. The third kappa shape index (κ3) is 8.91. The Hall–Kier alpha value is -3.10. The molecular weight excluding hydrogens is 744 g/mol. The summed E-state index contributed by atoms with van der Waals surface area (Å²) in [5.74, 6) is -3.05. The molecule has 4 fully saturated rings. The molecule has 3 amide bonds. The molecule has 53 heavy (non-hydrogen) atoms. The highest BCUT2D eigenvalue weighted by molar-refractivity contribution is 9.09. The lowest BCUT2D eigenvalue weighted by Gasteiger charge is -2.38. The van der Waals surface area contributed by atoms with Crippen molar-refractivity contribution in [2.24, 2.45) is 11.8 Å². The van der Waals surface area contributed by atoms with E-state index >= 15 is 0 Å². The van der Waals surface area contributed by atoms with Crippen LogP contribution in [-0.2, 0) is 33.4 Å². The Labute approximate surface area is 322 Å². The molecule has 0 aliphatic carbocycles. The molecule has 1 aromatic carbocycles. The number of benzene rings is 1. The Balaban J connectivity index is 1.44. The van der Waals surface area contributed by atoms with Crippen molar-refractivity contribution in [1.29, 1.82) is 0 Å². The molecule has 0 saturated carbocycles. The predicted molar refractivity (Wildman–Crippen MR) is 204 cm³/mol. The lowest BCUT2D eigenvalue weighted by Crippen LogP contribution is -2.57. The van der Waals surface area contributed by atoms with Crippen LogP contribution in [0.2, 0.25) is 0 Å². The Kier molecular flexibility index (Phi) is 14.7. The predicted octanol–water partition coefficient (Wildman–Crippen LogP) is 3.73. The van der Waals surface area contributed by atoms with Crippen molar-refractivity contribution in [2.45, 2.75) is 86.6 Å². The number of aliphatic hydroxyl groups is 1. The number of allylic oxidation sites excluding steroid dienone is 1. The summed E-state index contributed by atoms with van der Waals surface area (Å²) < 4.78 is 18.7. The van der Waals surface area contributed by atoms with Gasteiger partial charge >= 0.3 is 5.97 Å². The van der Waals surface area contributed by atoms with Gasteiger partial charge in [-0.15, -0.1) is 13.2 Å². The van der Waals surface area contributed by atoms with Crippen molar-refractivity contribution >= 4 is 39.6 Å². The second-order valence-electron chi connectivity index (χ2n) is 14.7. The fourth-order valence-electron chi connectivity index (χ4n) is 8.50. The van der Waals surface area contributed by atoms with Crippen LogP contribution in [0.5, 0.6) is 0 Å². The molecule has 1 spiro atoms. The summed E-state index contributed by atoms with van der Waals surface area (Å²) >= 11 is 3.78. The number of aliphatic hydroxyl groups excluding tert-OH is 1. The number of likely N-dealkylation sites (N-methyl/N-ethyl adjacent to an activating group) is 1. The summed E-state index contributed by atoms with van der Waals surface area (Å²) in [7, 11) is 1.70. The summed E-state index contributed by atoms with van der Waals surface area (Å²) in [5.41, 5.74) is -0.507. The number of ether oxygens (including phenoxy) is 3. The lowest BCUT2D eigenvalue weighted by molar-refractivity contribution is -0.164. The van der Waals surface area contributed by atoms with E-state index in [9.17, 15) is 24.3 Å². The van der Waals surface area contributed by atoms with Crippen LogP contribution >= 0.6 is 15.9 Å². The molecule has 4 saturated heterocycles. The molecule has 4 aliphatic rings. The first-order valence-corrected chi connectivity index (χ1v) is 20.1. The van der Waals surface area contributed by atoms with E-state index in [1.54, 1.807) is 33.9 Å². The van der Waals surface area contributed by atoms with E-state index in [1.165, 1.54) is 0 Å². The van der Waals surface area contributed by atoms with E-state index in [0.29, 0.717) is 65.1 Å². The zero-order valence-corrected chi connectivity index (χ0v) is 32.9. The third-order valence-corrected chi connectivity index (χ3v) is 12.3. The quantitative estimate of drug-likeness (QED) is 0.0909. The zero-order chi connectivity index (χ0) is 38.1. The molecule has 12 nitrogen and oxygen atoms in total. The largest absolute Gasteiger partial charge is 0.455 e. The van der Waals surface area contributed by atoms with Crippen molar-refractivity contribution in [2.75, 3.05) is 66.1 Å². The maximum atomic E-state index is 14.8. The average Bonchev–Trinajstić information content (AvgIpc) is 3.77. The van der Waals surface area contributed by atoms with Crippen LogP contribution in [0.1, 0.15) is 63.5 Å². The van der Waals surface area contributed by atoms with Gasteiger partial charge in [-0.3, -0.25) is 24.1 Å². The number of halogens is 1. The number of hydrogen-bond donors (Lipinski definition) is 1. The number of amides is 3. The van der Waals surface area contributed by atoms with Gasteiger partial charge in [0, 0.05) is 64.2 Å². The number of morpholine rings is 1. The first-order chi connectivity index (χ1) is 25.6. The lowest BCUT2D eigenvalue weighted by atomic mass is 9.70. The zero-order valence-electron chi connectivity index (χ0n) is 31.3. The molecular formula is C40H57BrN4O8. The van der Waals surface area contributed by atoms with E-state index in [1.807, 2.05) is 37.3 Å². The van der Waals surface area contributed by atoms with Crippen LogP contribution in [0.15, 0.2) is 55.6 Å². The molecule has 13 heteroatoms. The number of esters is 1. The van der Waals surface area contributed by atoms with Gasteiger partial charge in [-0.2, -0.15) is 0 Å². The number of fused-ring (bicyclic) bond motifs is 1. The van der Waals surface area contributed by atoms with Gasteiger partial charge in [0.25, 0.3) is 0 Å². The second kappa shape index (κ2) is 19.0. The maximum Gasteiger partial charge on any atom is 0.313 e. The van der Waals surface area contributed by atoms with E-state index in [4.69, 9.17) is 14.2 Å². The van der Waals surface area contributed by atoms with E-state index in [0.717, 1.165) is 31.5 Å². The van der Waals surface area contributed by atoms with Gasteiger partial charge in [-0.25, -0.2) is 0 Å². The number of alkyl halides is 1. The fourth-order valence-corrected chi connectivity index (χ4v) is 9.44. The third-order valence-electron chi connectivity index (χ3n) is 11.4. The van der Waals surface area contributed by atoms with Crippen molar-refractivity contribution in [1.82, 2.24) is 19.6 Å². The number of rotatable bonds is 20. The summed E-state index contributed by atoms with van der Waals surface area (Å²) in [6, 6.07) is 7.87. The van der Waals surface area contributed by atoms with Crippen LogP contribution in [0, 0.1) is 11.8 Å². The van der Waals surface area contributed by atoms with Crippen LogP contribution in [0.3, 0.4) is 0 Å². The molecule has 1 N–H and O–H groups in total. The molecule has 4 heterocycles. The highest BCUT2D eigenvalue weighted by atomic mass is 79.9. The Bertz CT molecular complexity index is 1440. The monoisotopic (exact) mass is 800 g/mol. The standard InChI is InChI=1S/C40H57BrN4O8/c1-5-7-17-31(47)42(4)28(3)34(29-15-11-10-12-16-29)52-39(50)32-33-37(48)45(19-13-8-9-14-24-46)36(40(33)27-30(41)35(32)53-40)38(49)44(18-6-2)21-20-43-22-25-51-26-23-43/h5-6,10-12,15-16,28,30,32-36,46H,1-2,7-9,13-14,17-27H2,3-4H3/t28-,30?,32+,33-,34+,35+,36+,40-/m1/s1. The molecule has 1 aromatic rings. The molecule has 8 atom stereocenters. The highest BCUT2D eigenvalue weighted by Crippen LogP contribution is 2.60. The van der Waals surface area contributed by atoms with E-state index in [2.05, 4.69) is 34.0 Å². The van der Waals surface area contributed by atoms with Crippen LogP contribution < -0.4 is 0 Å². The Morgan fingerprint density at radius 3 is 2.49 bits per heavy atom. The summed E-state index contributed by atoms with van der Waals surface area (Å²) in [4.78, 5) is 64.2. The smallest absolute Gasteiger partial charge is 0.313 e. The second-order valence-corrected chi connectivity index (χ2v) is 15.9. The van der Waals surface area contributed by atoms with Crippen LogP contribution in [0.4, 0.5) is 0 Å². The molecule has 0 aromatic heterocycles. The molecule has 5 rings (SSSR count). The van der Waals surface area contributed by atoms with Crippen molar-refractivity contribution in [3.8, 4) is 0 Å². The number of unbranched alkanes of at least 4 members (excludes halogenated alkanes) is 3. The van der Waals surface area contributed by atoms with Gasteiger partial charge in [0.05, 0.1) is 37.2 Å². The minimum atomic E-state index is -1.23. The minimum Gasteiger partial charge on any atom is -0.455 e. The summed E-state index contributed by atoms with van der Waals surface area (Å²) in [6.07, 6.45) is 5.99. The summed E-state index contributed by atoms with van der Waals surface area (Å²) in [5, 5.41) is 9.32. The van der Waals surface area contributed by atoms with Crippen LogP contribution in [-0.4, -0.2) is 143 Å². The average molecular weight is 802 g/mol. The number of carbonyl (C=O) groups is 4. The SMILES string of the molecule is C=CCCC(=O)N(C)[C@H](C)[C@H](OC(=O)[C@@H]1[C@H]2O[C@@]3(CC2Br)[C@H](C(=O)N(CC=C)CCN2CCOCC2)N(CCCCCCO)C(=O)[C@@H]13)c1ccccc1. The first kappa shape index (κ1) is 41.1. The number of likely N-dealkylation sites (tertiary alicyclic amines) is 1. The molecule has 1 unspecified atom stereocenters. The number of nitrogens with zero attached hydrogens (tertiary/aromatic N) is 4. The van der Waals surface area contributed by atoms with Gasteiger partial charge in [-0.05, 0) is 38.2 Å². The summed E-state index contributed by atoms with van der Waals surface area (Å²) in [6.45, 7) is 14.2.